The zero-order valence-corrected chi connectivity index (χ0v) is 15.3. The number of hydrogen-bond donors (Lipinski definition) is 1. The lowest BCUT2D eigenvalue weighted by atomic mass is 9.97. The van der Waals surface area contributed by atoms with Gasteiger partial charge in [0.25, 0.3) is 0 Å². The summed E-state index contributed by atoms with van der Waals surface area (Å²) in [5, 5.41) is 3.40. The Morgan fingerprint density at radius 2 is 1.95 bits per heavy atom. The van der Waals surface area contributed by atoms with E-state index < -0.39 is 0 Å². The van der Waals surface area contributed by atoms with Crippen LogP contribution in [0.4, 0.5) is 0 Å². The number of ether oxygens (including phenoxy) is 2. The molecule has 1 aromatic carbocycles. The molecule has 0 saturated carbocycles. The molecule has 4 heteroatoms. The Morgan fingerprint density at radius 3 is 2.62 bits per heavy atom. The van der Waals surface area contributed by atoms with Gasteiger partial charge in [-0.05, 0) is 61.9 Å². The Morgan fingerprint density at radius 1 is 1.19 bits per heavy atom. The maximum atomic E-state index is 5.49. The first kappa shape index (κ1) is 18.5. The van der Waals surface area contributed by atoms with Crippen LogP contribution in [0.5, 0.6) is 5.75 Å². The summed E-state index contributed by atoms with van der Waals surface area (Å²) >= 11 is 3.61. The SMILES string of the molecule is COCCNCCC(C)CCc1cc(Br)c(C)cc1OC. The Bertz CT molecular complexity index is 423. The molecule has 1 N–H and O–H groups in total. The Balaban J connectivity index is 2.38. The molecule has 1 atom stereocenters. The molecule has 0 aromatic heterocycles. The minimum atomic E-state index is 0.699. The summed E-state index contributed by atoms with van der Waals surface area (Å²) in [5.41, 5.74) is 2.50. The van der Waals surface area contributed by atoms with Crippen LogP contribution in [0.15, 0.2) is 16.6 Å². The van der Waals surface area contributed by atoms with Crippen molar-refractivity contribution in [3.63, 3.8) is 0 Å². The number of rotatable bonds is 10. The predicted octanol–water partition coefficient (Wildman–Crippen LogP) is 3.96. The molecule has 1 aromatic rings. The summed E-state index contributed by atoms with van der Waals surface area (Å²) < 4.78 is 11.7. The maximum absolute atomic E-state index is 5.49. The normalized spacial score (nSPS) is 12.4. The van der Waals surface area contributed by atoms with E-state index in [1.165, 1.54) is 24.0 Å². The van der Waals surface area contributed by atoms with E-state index in [2.05, 4.69) is 47.2 Å². The molecule has 0 fully saturated rings. The summed E-state index contributed by atoms with van der Waals surface area (Å²) in [6.07, 6.45) is 3.43. The fraction of sp³-hybridized carbons (Fsp3) is 0.647. The van der Waals surface area contributed by atoms with Gasteiger partial charge in [0.05, 0.1) is 13.7 Å². The molecule has 0 aliphatic carbocycles. The van der Waals surface area contributed by atoms with E-state index in [1.807, 2.05) is 0 Å². The van der Waals surface area contributed by atoms with Crippen molar-refractivity contribution >= 4 is 15.9 Å². The Kier molecular flexibility index (Phi) is 8.97. The average Bonchev–Trinajstić information content (AvgIpc) is 2.47. The first-order chi connectivity index (χ1) is 10.1. The second-order valence-electron chi connectivity index (χ2n) is 5.59. The van der Waals surface area contributed by atoms with Crippen molar-refractivity contribution in [2.45, 2.75) is 33.1 Å². The molecule has 0 saturated heterocycles. The van der Waals surface area contributed by atoms with Crippen molar-refractivity contribution < 1.29 is 9.47 Å². The summed E-state index contributed by atoms with van der Waals surface area (Å²) in [5.74, 6) is 1.70. The highest BCUT2D eigenvalue weighted by molar-refractivity contribution is 9.10. The molecular formula is C17H28BrNO2. The van der Waals surface area contributed by atoms with Crippen molar-refractivity contribution in [1.29, 1.82) is 0 Å². The van der Waals surface area contributed by atoms with Gasteiger partial charge < -0.3 is 14.8 Å². The monoisotopic (exact) mass is 357 g/mol. The highest BCUT2D eigenvalue weighted by atomic mass is 79.9. The van der Waals surface area contributed by atoms with Gasteiger partial charge in [-0.2, -0.15) is 0 Å². The lowest BCUT2D eigenvalue weighted by molar-refractivity contribution is 0.199. The smallest absolute Gasteiger partial charge is 0.122 e. The second kappa shape index (κ2) is 10.2. The Labute approximate surface area is 137 Å². The van der Waals surface area contributed by atoms with Crippen LogP contribution in [0, 0.1) is 12.8 Å². The number of halogens is 1. The third kappa shape index (κ3) is 6.81. The molecule has 0 spiro atoms. The molecule has 0 aliphatic rings. The van der Waals surface area contributed by atoms with E-state index in [0.717, 1.165) is 36.3 Å². The van der Waals surface area contributed by atoms with Crippen molar-refractivity contribution in [2.75, 3.05) is 33.9 Å². The van der Waals surface area contributed by atoms with Gasteiger partial charge in [0.1, 0.15) is 5.75 Å². The van der Waals surface area contributed by atoms with E-state index in [1.54, 1.807) is 14.2 Å². The summed E-state index contributed by atoms with van der Waals surface area (Å²) in [4.78, 5) is 0. The van der Waals surface area contributed by atoms with Crippen LogP contribution in [-0.2, 0) is 11.2 Å². The zero-order valence-electron chi connectivity index (χ0n) is 13.7. The van der Waals surface area contributed by atoms with Crippen LogP contribution in [-0.4, -0.2) is 33.9 Å². The van der Waals surface area contributed by atoms with Crippen LogP contribution in [0.1, 0.15) is 30.9 Å². The average molecular weight is 358 g/mol. The molecular weight excluding hydrogens is 330 g/mol. The fourth-order valence-corrected chi connectivity index (χ4v) is 2.67. The van der Waals surface area contributed by atoms with Crippen molar-refractivity contribution in [3.05, 3.63) is 27.7 Å². The van der Waals surface area contributed by atoms with Gasteiger partial charge in [-0.25, -0.2) is 0 Å². The van der Waals surface area contributed by atoms with Gasteiger partial charge in [0.2, 0.25) is 0 Å². The number of nitrogens with one attached hydrogen (secondary N) is 1. The number of methoxy groups -OCH3 is 2. The molecule has 0 radical (unpaired) electrons. The van der Waals surface area contributed by atoms with Crippen molar-refractivity contribution in [2.24, 2.45) is 5.92 Å². The minimum absolute atomic E-state index is 0.699. The quantitative estimate of drug-likeness (QED) is 0.642. The van der Waals surface area contributed by atoms with Gasteiger partial charge in [0.15, 0.2) is 0 Å². The predicted molar refractivity (Wildman–Crippen MR) is 92.3 cm³/mol. The fourth-order valence-electron chi connectivity index (χ4n) is 2.28. The topological polar surface area (TPSA) is 30.5 Å². The molecule has 1 unspecified atom stereocenters. The van der Waals surface area contributed by atoms with Gasteiger partial charge in [-0.1, -0.05) is 22.9 Å². The molecule has 3 nitrogen and oxygen atoms in total. The minimum Gasteiger partial charge on any atom is -0.496 e. The van der Waals surface area contributed by atoms with E-state index in [4.69, 9.17) is 9.47 Å². The van der Waals surface area contributed by atoms with E-state index in [9.17, 15) is 0 Å². The third-order valence-electron chi connectivity index (χ3n) is 3.77. The largest absolute Gasteiger partial charge is 0.496 e. The second-order valence-corrected chi connectivity index (χ2v) is 6.44. The van der Waals surface area contributed by atoms with Gasteiger partial charge in [0, 0.05) is 18.1 Å². The number of hydrogen-bond acceptors (Lipinski definition) is 3. The van der Waals surface area contributed by atoms with Crippen molar-refractivity contribution in [3.8, 4) is 5.75 Å². The maximum Gasteiger partial charge on any atom is 0.122 e. The van der Waals surface area contributed by atoms with E-state index in [0.29, 0.717) is 5.92 Å². The number of benzene rings is 1. The standard InChI is InChI=1S/C17H28BrNO2/c1-13(7-8-19-9-10-20-3)5-6-15-12-16(18)14(2)11-17(15)21-4/h11-13,19H,5-10H2,1-4H3. The van der Waals surface area contributed by atoms with Crippen molar-refractivity contribution in [1.82, 2.24) is 5.32 Å². The van der Waals surface area contributed by atoms with E-state index >= 15 is 0 Å². The Hall–Kier alpha value is -0.580. The summed E-state index contributed by atoms with van der Waals surface area (Å²) in [7, 11) is 3.48. The van der Waals surface area contributed by atoms with Crippen LogP contribution in [0.2, 0.25) is 0 Å². The zero-order chi connectivity index (χ0) is 15.7. The highest BCUT2D eigenvalue weighted by Gasteiger charge is 2.09. The lowest BCUT2D eigenvalue weighted by Gasteiger charge is -2.15. The summed E-state index contributed by atoms with van der Waals surface area (Å²) in [6.45, 7) is 7.17. The molecule has 1 rings (SSSR count). The molecule has 21 heavy (non-hydrogen) atoms. The lowest BCUT2D eigenvalue weighted by Crippen LogP contribution is -2.21. The van der Waals surface area contributed by atoms with Crippen LogP contribution < -0.4 is 10.1 Å². The summed E-state index contributed by atoms with van der Waals surface area (Å²) in [6, 6.07) is 4.30. The first-order valence-corrected chi connectivity index (χ1v) is 8.40. The van der Waals surface area contributed by atoms with Crippen LogP contribution >= 0.6 is 15.9 Å². The molecule has 0 amide bonds. The highest BCUT2D eigenvalue weighted by Crippen LogP contribution is 2.28. The molecule has 0 bridgehead atoms. The van der Waals surface area contributed by atoms with Gasteiger partial charge >= 0.3 is 0 Å². The molecule has 0 heterocycles. The van der Waals surface area contributed by atoms with Crippen LogP contribution in [0.25, 0.3) is 0 Å². The molecule has 120 valence electrons. The first-order valence-electron chi connectivity index (χ1n) is 7.61. The number of aryl methyl sites for hydroxylation is 2. The van der Waals surface area contributed by atoms with Gasteiger partial charge in [-0.3, -0.25) is 0 Å². The molecule has 0 aliphatic heterocycles. The van der Waals surface area contributed by atoms with E-state index in [-0.39, 0.29) is 0 Å². The third-order valence-corrected chi connectivity index (χ3v) is 4.62. The van der Waals surface area contributed by atoms with Gasteiger partial charge in [-0.15, -0.1) is 0 Å². The van der Waals surface area contributed by atoms with Crippen LogP contribution in [0.3, 0.4) is 0 Å².